The summed E-state index contributed by atoms with van der Waals surface area (Å²) in [6, 6.07) is 9.55. The van der Waals surface area contributed by atoms with Crippen molar-refractivity contribution >= 4 is 21.6 Å². The number of sulfone groups is 1. The Hall–Kier alpha value is -2.71. The summed E-state index contributed by atoms with van der Waals surface area (Å²) in [4.78, 5) is 18.3. The van der Waals surface area contributed by atoms with Crippen molar-refractivity contribution in [3.8, 4) is 0 Å². The molecule has 1 fully saturated rings. The molecule has 0 spiro atoms. The fourth-order valence-electron chi connectivity index (χ4n) is 3.55. The number of amides is 2. The molecule has 1 unspecified atom stereocenters. The lowest BCUT2D eigenvalue weighted by Gasteiger charge is -2.27. The van der Waals surface area contributed by atoms with Crippen LogP contribution in [0.4, 0.5) is 10.5 Å². The topological polar surface area (TPSA) is 91.4 Å². The fourth-order valence-corrected chi connectivity index (χ4v) is 5.20. The minimum atomic E-state index is -3.59. The highest BCUT2D eigenvalue weighted by Crippen LogP contribution is 2.24. The van der Waals surface area contributed by atoms with Crippen molar-refractivity contribution in [2.24, 2.45) is 0 Å². The van der Waals surface area contributed by atoms with Crippen LogP contribution in [-0.4, -0.2) is 42.8 Å². The number of benzene rings is 1. The molecule has 1 aromatic carbocycles. The zero-order chi connectivity index (χ0) is 21.4. The monoisotopic (exact) mass is 428 g/mol. The number of anilines is 1. The Morgan fingerprint density at radius 3 is 2.43 bits per heavy atom. The van der Waals surface area contributed by atoms with Crippen molar-refractivity contribution in [2.75, 3.05) is 18.4 Å². The van der Waals surface area contributed by atoms with Gasteiger partial charge in [0.05, 0.1) is 4.90 Å². The van der Waals surface area contributed by atoms with Gasteiger partial charge in [-0.1, -0.05) is 25.0 Å². The van der Waals surface area contributed by atoms with E-state index >= 15 is 0 Å². The van der Waals surface area contributed by atoms with E-state index < -0.39 is 15.2 Å². The van der Waals surface area contributed by atoms with E-state index in [0.29, 0.717) is 12.2 Å². The van der Waals surface area contributed by atoms with Gasteiger partial charge in [0, 0.05) is 24.6 Å². The van der Waals surface area contributed by atoms with Gasteiger partial charge >= 0.3 is 6.03 Å². The summed E-state index contributed by atoms with van der Waals surface area (Å²) >= 11 is 0. The van der Waals surface area contributed by atoms with Crippen LogP contribution < -0.4 is 10.6 Å². The second-order valence-corrected chi connectivity index (χ2v) is 9.36. The summed E-state index contributed by atoms with van der Waals surface area (Å²) < 4.78 is 26.3. The lowest BCUT2D eigenvalue weighted by molar-refractivity contribution is 0.251. The van der Waals surface area contributed by atoms with Gasteiger partial charge in [-0.25, -0.2) is 13.2 Å². The molecule has 2 aromatic rings. The number of carbonyl (C=O) groups is 1. The molecule has 0 radical (unpaired) electrons. The van der Waals surface area contributed by atoms with E-state index in [1.165, 1.54) is 18.2 Å². The maximum absolute atomic E-state index is 13.1. The molecule has 2 amide bonds. The lowest BCUT2D eigenvalue weighted by atomic mass is 10.2. The highest BCUT2D eigenvalue weighted by molar-refractivity contribution is 7.92. The Labute approximate surface area is 178 Å². The summed E-state index contributed by atoms with van der Waals surface area (Å²) in [6.45, 7) is 5.63. The normalized spacial score (nSPS) is 16.3. The van der Waals surface area contributed by atoms with Gasteiger partial charge in [-0.3, -0.25) is 9.88 Å². The number of hydrogen-bond acceptors (Lipinski definition) is 5. The molecule has 1 aliphatic rings. The molecule has 30 heavy (non-hydrogen) atoms. The number of urea groups is 1. The second kappa shape index (κ2) is 10.4. The average Bonchev–Trinajstić information content (AvgIpc) is 3.03. The largest absolute Gasteiger partial charge is 0.334 e. The third-order valence-corrected chi connectivity index (χ3v) is 7.19. The van der Waals surface area contributed by atoms with Crippen molar-refractivity contribution in [3.05, 3.63) is 67.0 Å². The Morgan fingerprint density at radius 2 is 1.83 bits per heavy atom. The number of carbonyl (C=O) groups excluding carboxylic acids is 1. The Balaban J connectivity index is 1.63. The summed E-state index contributed by atoms with van der Waals surface area (Å²) in [5.41, 5.74) is 1.40. The van der Waals surface area contributed by atoms with Crippen LogP contribution in [-0.2, 0) is 16.4 Å². The van der Waals surface area contributed by atoms with E-state index in [2.05, 4.69) is 22.2 Å². The number of aromatic nitrogens is 1. The maximum atomic E-state index is 13.1. The van der Waals surface area contributed by atoms with Gasteiger partial charge in [0.2, 0.25) is 0 Å². The summed E-state index contributed by atoms with van der Waals surface area (Å²) in [6.07, 6.45) is 9.11. The van der Waals surface area contributed by atoms with E-state index in [4.69, 9.17) is 0 Å². The number of pyridine rings is 1. The highest BCUT2D eigenvalue weighted by Gasteiger charge is 2.30. The van der Waals surface area contributed by atoms with E-state index in [9.17, 15) is 13.2 Å². The van der Waals surface area contributed by atoms with Gasteiger partial charge < -0.3 is 10.6 Å². The van der Waals surface area contributed by atoms with Crippen LogP contribution in [0.2, 0.25) is 0 Å². The van der Waals surface area contributed by atoms with Crippen LogP contribution in [0.1, 0.15) is 31.2 Å². The fraction of sp³-hybridized carbons (Fsp3) is 0.364. The van der Waals surface area contributed by atoms with Crippen molar-refractivity contribution in [3.63, 3.8) is 0 Å². The molecule has 1 aromatic heterocycles. The highest BCUT2D eigenvalue weighted by atomic mass is 32.2. The van der Waals surface area contributed by atoms with Crippen LogP contribution in [0.25, 0.3) is 0 Å². The van der Waals surface area contributed by atoms with Crippen LogP contribution in [0.3, 0.4) is 0 Å². The molecule has 3 rings (SSSR count). The van der Waals surface area contributed by atoms with Gasteiger partial charge in [-0.05, 0) is 61.8 Å². The predicted octanol–water partition coefficient (Wildman–Crippen LogP) is 3.57. The summed E-state index contributed by atoms with van der Waals surface area (Å²) in [7, 11) is -3.59. The van der Waals surface area contributed by atoms with Crippen LogP contribution >= 0.6 is 0 Å². The number of nitrogens with zero attached hydrogens (tertiary/aromatic N) is 2. The van der Waals surface area contributed by atoms with Gasteiger partial charge in [0.25, 0.3) is 0 Å². The van der Waals surface area contributed by atoms with Crippen molar-refractivity contribution in [1.82, 2.24) is 15.2 Å². The molecule has 160 valence electrons. The molecule has 0 saturated carbocycles. The van der Waals surface area contributed by atoms with Crippen molar-refractivity contribution in [1.29, 1.82) is 0 Å². The van der Waals surface area contributed by atoms with Crippen LogP contribution in [0.5, 0.6) is 0 Å². The smallest absolute Gasteiger partial charge is 0.319 e. The third-order valence-electron chi connectivity index (χ3n) is 5.14. The molecule has 2 N–H and O–H groups in total. The second-order valence-electron chi connectivity index (χ2n) is 7.31. The molecule has 2 heterocycles. The number of rotatable bonds is 7. The molecule has 8 heteroatoms. The molecule has 0 bridgehead atoms. The summed E-state index contributed by atoms with van der Waals surface area (Å²) in [5, 5.41) is 4.71. The Kier molecular flexibility index (Phi) is 7.59. The van der Waals surface area contributed by atoms with Gasteiger partial charge in [-0.15, -0.1) is 6.58 Å². The lowest BCUT2D eigenvalue weighted by Crippen LogP contribution is -2.40. The van der Waals surface area contributed by atoms with Gasteiger partial charge in [0.15, 0.2) is 9.84 Å². The SMILES string of the molecule is C=CC(N1CCCCCC1)S(=O)(=O)c1ccc(NC(=O)NCc2cccnc2)cc1. The number of nitrogens with one attached hydrogen (secondary N) is 2. The molecular formula is C22H28N4O3S. The zero-order valence-corrected chi connectivity index (χ0v) is 17.8. The quantitative estimate of drug-likeness (QED) is 0.658. The number of likely N-dealkylation sites (tertiary alicyclic amines) is 1. The third kappa shape index (κ3) is 5.67. The standard InChI is InChI=1S/C22H28N4O3S/c1-2-21(26-14-5-3-4-6-15-26)30(28,29)20-11-9-19(10-12-20)25-22(27)24-17-18-8-7-13-23-16-18/h2,7-13,16,21H,1,3-6,14-15,17H2,(H2,24,25,27). The van der Waals surface area contributed by atoms with E-state index in [0.717, 1.165) is 44.3 Å². The van der Waals surface area contributed by atoms with Crippen molar-refractivity contribution < 1.29 is 13.2 Å². The minimum absolute atomic E-state index is 0.220. The van der Waals surface area contributed by atoms with E-state index in [-0.39, 0.29) is 10.9 Å². The van der Waals surface area contributed by atoms with Crippen LogP contribution in [0, 0.1) is 0 Å². The molecule has 1 aliphatic heterocycles. The maximum Gasteiger partial charge on any atom is 0.319 e. The van der Waals surface area contributed by atoms with Crippen molar-refractivity contribution in [2.45, 2.75) is 42.5 Å². The molecule has 7 nitrogen and oxygen atoms in total. The first-order valence-corrected chi connectivity index (χ1v) is 11.7. The first-order chi connectivity index (χ1) is 14.5. The Bertz CT molecular complexity index is 938. The first kappa shape index (κ1) is 22.0. The van der Waals surface area contributed by atoms with Gasteiger partial charge in [-0.2, -0.15) is 0 Å². The number of hydrogen-bond donors (Lipinski definition) is 2. The summed E-state index contributed by atoms with van der Waals surface area (Å²) in [5.74, 6) is 0. The molecule has 1 atom stereocenters. The van der Waals surface area contributed by atoms with E-state index in [1.807, 2.05) is 11.0 Å². The molecular weight excluding hydrogens is 400 g/mol. The molecule has 0 aliphatic carbocycles. The van der Waals surface area contributed by atoms with Crippen LogP contribution in [0.15, 0.2) is 66.3 Å². The van der Waals surface area contributed by atoms with E-state index in [1.54, 1.807) is 30.6 Å². The minimum Gasteiger partial charge on any atom is -0.334 e. The first-order valence-electron chi connectivity index (χ1n) is 10.1. The predicted molar refractivity (Wildman–Crippen MR) is 118 cm³/mol. The van der Waals surface area contributed by atoms with Gasteiger partial charge in [0.1, 0.15) is 5.37 Å². The molecule has 1 saturated heterocycles. The zero-order valence-electron chi connectivity index (χ0n) is 17.0. The average molecular weight is 429 g/mol. The Morgan fingerprint density at radius 1 is 1.13 bits per heavy atom.